The van der Waals surface area contributed by atoms with Crippen molar-refractivity contribution in [3.8, 4) is 0 Å². The number of rotatable bonds is 6. The third kappa shape index (κ3) is 4.16. The van der Waals surface area contributed by atoms with Crippen molar-refractivity contribution in [2.24, 2.45) is 5.92 Å². The van der Waals surface area contributed by atoms with Gasteiger partial charge in [-0.15, -0.1) is 0 Å². The number of hydrogen-bond donors (Lipinski definition) is 2. The van der Waals surface area contributed by atoms with Crippen LogP contribution in [-0.2, 0) is 0 Å². The Bertz CT molecular complexity index is 1220. The molecule has 0 aliphatic carbocycles. The number of aromatic amines is 1. The van der Waals surface area contributed by atoms with Gasteiger partial charge in [-0.3, -0.25) is 19.7 Å². The average molecular weight is 436 g/mol. The Morgan fingerprint density at radius 1 is 1.23 bits per heavy atom. The lowest BCUT2D eigenvalue weighted by atomic mass is 9.99. The number of ketones is 1. The number of nitro benzene ring substituents is 1. The van der Waals surface area contributed by atoms with E-state index in [-0.39, 0.29) is 45.3 Å². The fourth-order valence-electron chi connectivity index (χ4n) is 3.10. The van der Waals surface area contributed by atoms with Gasteiger partial charge >= 0.3 is 0 Å². The van der Waals surface area contributed by atoms with Gasteiger partial charge in [-0.1, -0.05) is 25.4 Å². The van der Waals surface area contributed by atoms with Gasteiger partial charge in [0.15, 0.2) is 5.78 Å². The molecule has 1 aromatic heterocycles. The molecule has 0 amide bonds. The van der Waals surface area contributed by atoms with Gasteiger partial charge in [0.2, 0.25) is 5.43 Å². The van der Waals surface area contributed by atoms with Crippen LogP contribution in [0.25, 0.3) is 10.9 Å². The molecule has 0 saturated heterocycles. The zero-order valence-electron chi connectivity index (χ0n) is 15.9. The molecular formula is C20H16ClF2N3O4. The van der Waals surface area contributed by atoms with Gasteiger partial charge in [-0.2, -0.15) is 0 Å². The molecule has 7 nitrogen and oxygen atoms in total. The first kappa shape index (κ1) is 21.4. The molecule has 10 heteroatoms. The van der Waals surface area contributed by atoms with Crippen LogP contribution >= 0.6 is 11.6 Å². The highest BCUT2D eigenvalue weighted by Gasteiger charge is 2.26. The predicted octanol–water partition coefficient (Wildman–Crippen LogP) is 5.34. The molecule has 0 spiro atoms. The first-order valence-electron chi connectivity index (χ1n) is 8.87. The second-order valence-electron chi connectivity index (χ2n) is 7.08. The smallest absolute Gasteiger partial charge is 0.282 e. The molecule has 0 saturated carbocycles. The monoisotopic (exact) mass is 435 g/mol. The van der Waals surface area contributed by atoms with Gasteiger partial charge in [-0.25, -0.2) is 8.78 Å². The number of Topliss-reactive ketones (excluding diaryl/α,β-unsaturated/α-hetero) is 1. The molecule has 2 aromatic carbocycles. The highest BCUT2D eigenvalue weighted by Crippen LogP contribution is 2.31. The Balaban J connectivity index is 2.34. The summed E-state index contributed by atoms with van der Waals surface area (Å²) in [5, 5.41) is 13.7. The average Bonchev–Trinajstić information content (AvgIpc) is 2.60. The first-order valence-corrected chi connectivity index (χ1v) is 9.25. The van der Waals surface area contributed by atoms with Gasteiger partial charge in [-0.05, 0) is 24.1 Å². The first-order chi connectivity index (χ1) is 14.1. The van der Waals surface area contributed by atoms with Gasteiger partial charge in [0.25, 0.3) is 5.69 Å². The molecule has 3 aromatic rings. The number of nitrogens with zero attached hydrogens (tertiary/aromatic N) is 1. The maximum atomic E-state index is 13.6. The predicted molar refractivity (Wildman–Crippen MR) is 110 cm³/mol. The van der Waals surface area contributed by atoms with E-state index in [2.05, 4.69) is 10.3 Å². The number of hydrogen-bond acceptors (Lipinski definition) is 5. The molecule has 0 atom stereocenters. The van der Waals surface area contributed by atoms with E-state index in [1.807, 2.05) is 0 Å². The number of nitro groups is 1. The Morgan fingerprint density at radius 3 is 2.43 bits per heavy atom. The lowest BCUT2D eigenvalue weighted by molar-refractivity contribution is -0.383. The third-order valence-corrected chi connectivity index (χ3v) is 4.60. The number of pyridine rings is 1. The fraction of sp³-hybridized carbons (Fsp3) is 0.200. The summed E-state index contributed by atoms with van der Waals surface area (Å²) in [6, 6.07) is 4.92. The number of halogens is 3. The van der Waals surface area contributed by atoms with E-state index in [1.54, 1.807) is 13.8 Å². The van der Waals surface area contributed by atoms with Crippen molar-refractivity contribution in [2.75, 3.05) is 5.32 Å². The van der Waals surface area contributed by atoms with Crippen LogP contribution in [0.4, 0.5) is 26.0 Å². The summed E-state index contributed by atoms with van der Waals surface area (Å²) in [5.74, 6) is -2.59. The molecule has 1 heterocycles. The van der Waals surface area contributed by atoms with Gasteiger partial charge in [0.05, 0.1) is 15.5 Å². The minimum Gasteiger partial charge on any atom is -0.341 e. The van der Waals surface area contributed by atoms with Crippen LogP contribution in [-0.4, -0.2) is 15.7 Å². The molecule has 0 aliphatic heterocycles. The molecule has 3 rings (SSSR count). The number of fused-ring (bicyclic) bond motifs is 1. The van der Waals surface area contributed by atoms with Crippen molar-refractivity contribution < 1.29 is 18.5 Å². The number of H-pyrrole nitrogens is 1. The molecule has 0 fully saturated rings. The molecule has 0 bridgehead atoms. The SMILES string of the molecule is CC(C)CC(=O)c1c(Nc2cc(F)cc(F)c2)[nH]c2c(Cl)ccc([N+](=O)[O-])c2c1=O. The summed E-state index contributed by atoms with van der Waals surface area (Å²) in [4.78, 5) is 39.4. The Kier molecular flexibility index (Phi) is 5.84. The lowest BCUT2D eigenvalue weighted by Crippen LogP contribution is -2.21. The van der Waals surface area contributed by atoms with E-state index in [1.165, 1.54) is 6.07 Å². The van der Waals surface area contributed by atoms with E-state index in [0.29, 0.717) is 6.07 Å². The molecule has 0 unspecified atom stereocenters. The zero-order valence-corrected chi connectivity index (χ0v) is 16.6. The van der Waals surface area contributed by atoms with E-state index >= 15 is 0 Å². The minimum atomic E-state index is -0.900. The van der Waals surface area contributed by atoms with Gasteiger partial charge < -0.3 is 10.3 Å². The van der Waals surface area contributed by atoms with Crippen molar-refractivity contribution >= 4 is 45.5 Å². The van der Waals surface area contributed by atoms with Crippen molar-refractivity contribution in [1.82, 2.24) is 4.98 Å². The number of carbonyl (C=O) groups is 1. The van der Waals surface area contributed by atoms with Crippen LogP contribution in [0, 0.1) is 27.7 Å². The summed E-state index contributed by atoms with van der Waals surface area (Å²) >= 11 is 6.12. The quantitative estimate of drug-likeness (QED) is 0.309. The number of carbonyl (C=O) groups excluding carboxylic acids is 1. The summed E-state index contributed by atoms with van der Waals surface area (Å²) in [6.07, 6.45) is -0.0187. The van der Waals surface area contributed by atoms with Gasteiger partial charge in [0.1, 0.15) is 28.4 Å². The summed E-state index contributed by atoms with van der Waals surface area (Å²) < 4.78 is 27.2. The van der Waals surface area contributed by atoms with Crippen LogP contribution in [0.5, 0.6) is 0 Å². The summed E-state index contributed by atoms with van der Waals surface area (Å²) in [6.45, 7) is 3.53. The molecule has 30 heavy (non-hydrogen) atoms. The van der Waals surface area contributed by atoms with E-state index in [0.717, 1.165) is 18.2 Å². The van der Waals surface area contributed by atoms with E-state index in [9.17, 15) is 28.5 Å². The number of aromatic nitrogens is 1. The van der Waals surface area contributed by atoms with Crippen LogP contribution in [0.15, 0.2) is 35.1 Å². The largest absolute Gasteiger partial charge is 0.341 e. The zero-order chi connectivity index (χ0) is 22.2. The second-order valence-corrected chi connectivity index (χ2v) is 7.49. The standard InChI is InChI=1S/C20H16ClF2N3O4/c1-9(2)5-15(27)17-19(28)16-14(26(29)30)4-3-13(21)18(16)25-20(17)24-12-7-10(22)6-11(23)8-12/h3-4,6-9H,5H2,1-2H3,(H2,24,25,28). The fourth-order valence-corrected chi connectivity index (χ4v) is 3.30. The molecule has 156 valence electrons. The molecular weight excluding hydrogens is 420 g/mol. The van der Waals surface area contributed by atoms with Crippen LogP contribution < -0.4 is 10.7 Å². The van der Waals surface area contributed by atoms with E-state index in [4.69, 9.17) is 11.6 Å². The number of anilines is 2. The number of non-ortho nitro benzene ring substituents is 1. The van der Waals surface area contributed by atoms with E-state index < -0.39 is 33.5 Å². The van der Waals surface area contributed by atoms with Crippen molar-refractivity contribution in [3.05, 3.63) is 72.9 Å². The Hall–Kier alpha value is -3.33. The number of benzene rings is 2. The lowest BCUT2D eigenvalue weighted by Gasteiger charge is -2.14. The highest BCUT2D eigenvalue weighted by atomic mass is 35.5. The van der Waals surface area contributed by atoms with Crippen LogP contribution in [0.2, 0.25) is 5.02 Å². The number of nitrogens with one attached hydrogen (secondary N) is 2. The maximum Gasteiger partial charge on any atom is 0.282 e. The van der Waals surface area contributed by atoms with Crippen LogP contribution in [0.1, 0.15) is 30.6 Å². The molecule has 0 aliphatic rings. The summed E-state index contributed by atoms with van der Waals surface area (Å²) in [5.41, 5.74) is -1.94. The summed E-state index contributed by atoms with van der Waals surface area (Å²) in [7, 11) is 0. The van der Waals surface area contributed by atoms with Crippen molar-refractivity contribution in [3.63, 3.8) is 0 Å². The molecule has 0 radical (unpaired) electrons. The Labute approximate surface area is 173 Å². The highest BCUT2D eigenvalue weighted by molar-refractivity contribution is 6.35. The topological polar surface area (TPSA) is 105 Å². The van der Waals surface area contributed by atoms with Gasteiger partial charge in [0, 0.05) is 24.2 Å². The van der Waals surface area contributed by atoms with Crippen molar-refractivity contribution in [2.45, 2.75) is 20.3 Å². The van der Waals surface area contributed by atoms with Crippen molar-refractivity contribution in [1.29, 1.82) is 0 Å². The second kappa shape index (κ2) is 8.19. The van der Waals surface area contributed by atoms with Crippen LogP contribution in [0.3, 0.4) is 0 Å². The maximum absolute atomic E-state index is 13.6. The normalized spacial score (nSPS) is 11.1. The third-order valence-electron chi connectivity index (χ3n) is 4.29. The molecule has 2 N–H and O–H groups in total. The minimum absolute atomic E-state index is 0.00373. The Morgan fingerprint density at radius 2 is 1.87 bits per heavy atom.